The van der Waals surface area contributed by atoms with Gasteiger partial charge in [-0.1, -0.05) is 42.5 Å². The summed E-state index contributed by atoms with van der Waals surface area (Å²) in [6.45, 7) is 2.16. The van der Waals surface area contributed by atoms with E-state index in [2.05, 4.69) is 21.9 Å². The zero-order valence-corrected chi connectivity index (χ0v) is 14.3. The van der Waals surface area contributed by atoms with Crippen molar-refractivity contribution in [3.8, 4) is 6.07 Å². The van der Waals surface area contributed by atoms with Gasteiger partial charge in [-0.3, -0.25) is 9.59 Å². The third kappa shape index (κ3) is 3.62. The van der Waals surface area contributed by atoms with Gasteiger partial charge in [0, 0.05) is 12.5 Å². The molecule has 2 aromatic carbocycles. The zero-order chi connectivity index (χ0) is 18.5. The second kappa shape index (κ2) is 7.62. The maximum atomic E-state index is 12.6. The molecule has 0 aromatic heterocycles. The largest absolute Gasteiger partial charge is 0.355 e. The Bertz CT molecular complexity index is 900. The molecule has 26 heavy (non-hydrogen) atoms. The Morgan fingerprint density at radius 1 is 1.23 bits per heavy atom. The Hall–Kier alpha value is -3.46. The summed E-state index contributed by atoms with van der Waals surface area (Å²) in [6.07, 6.45) is 0. The predicted octanol–water partition coefficient (Wildman–Crippen LogP) is 1.93. The van der Waals surface area contributed by atoms with E-state index in [9.17, 15) is 9.59 Å². The van der Waals surface area contributed by atoms with Crippen LogP contribution in [0.15, 0.2) is 59.7 Å². The molecule has 2 aromatic rings. The number of rotatable bonds is 4. The topological polar surface area (TPSA) is 94.3 Å². The summed E-state index contributed by atoms with van der Waals surface area (Å²) < 4.78 is 0. The first-order chi connectivity index (χ1) is 12.6. The van der Waals surface area contributed by atoms with E-state index in [1.165, 1.54) is 0 Å². The normalized spacial score (nSPS) is 19.5. The van der Waals surface area contributed by atoms with Crippen molar-refractivity contribution in [1.82, 2.24) is 10.7 Å². The molecule has 0 spiro atoms. The first-order valence-electron chi connectivity index (χ1n) is 8.27. The fourth-order valence-electron chi connectivity index (χ4n) is 3.02. The summed E-state index contributed by atoms with van der Waals surface area (Å²) in [6, 6.07) is 18.5. The summed E-state index contributed by atoms with van der Waals surface area (Å²) in [5.74, 6) is -1.78. The van der Waals surface area contributed by atoms with Crippen LogP contribution < -0.4 is 10.7 Å². The van der Waals surface area contributed by atoms with Gasteiger partial charge in [0.15, 0.2) is 0 Å². The SMILES string of the molecule is C/C(=N/NC(=O)C1C(=O)NCC1c1ccccc1)c1cccc(C#N)c1. The van der Waals surface area contributed by atoms with Crippen molar-refractivity contribution < 1.29 is 9.59 Å². The van der Waals surface area contributed by atoms with Crippen molar-refractivity contribution in [1.29, 1.82) is 5.26 Å². The van der Waals surface area contributed by atoms with Gasteiger partial charge in [0.25, 0.3) is 5.91 Å². The predicted molar refractivity (Wildman–Crippen MR) is 97.2 cm³/mol. The number of hydrazone groups is 1. The maximum absolute atomic E-state index is 12.6. The van der Waals surface area contributed by atoms with Crippen LogP contribution in [0, 0.1) is 17.2 Å². The first-order valence-corrected chi connectivity index (χ1v) is 8.27. The minimum absolute atomic E-state index is 0.221. The average Bonchev–Trinajstić information content (AvgIpc) is 3.08. The van der Waals surface area contributed by atoms with Crippen molar-refractivity contribution in [3.05, 3.63) is 71.3 Å². The molecule has 2 N–H and O–H groups in total. The van der Waals surface area contributed by atoms with Crippen LogP contribution in [0.5, 0.6) is 0 Å². The lowest BCUT2D eigenvalue weighted by atomic mass is 9.88. The molecular formula is C20H18N4O2. The minimum Gasteiger partial charge on any atom is -0.355 e. The van der Waals surface area contributed by atoms with E-state index in [-0.39, 0.29) is 11.8 Å². The summed E-state index contributed by atoms with van der Waals surface area (Å²) >= 11 is 0. The van der Waals surface area contributed by atoms with Crippen LogP contribution in [0.3, 0.4) is 0 Å². The third-order valence-corrected chi connectivity index (χ3v) is 4.43. The van der Waals surface area contributed by atoms with E-state index in [1.807, 2.05) is 30.3 Å². The molecule has 3 rings (SSSR count). The van der Waals surface area contributed by atoms with Crippen molar-refractivity contribution >= 4 is 17.5 Å². The van der Waals surface area contributed by atoms with Gasteiger partial charge in [0.05, 0.1) is 17.3 Å². The lowest BCUT2D eigenvalue weighted by molar-refractivity contribution is -0.133. The number of carbonyl (C=O) groups excluding carboxylic acids is 2. The van der Waals surface area contributed by atoms with Crippen LogP contribution in [-0.4, -0.2) is 24.1 Å². The fourth-order valence-corrected chi connectivity index (χ4v) is 3.02. The molecular weight excluding hydrogens is 328 g/mol. The number of nitrogens with zero attached hydrogens (tertiary/aromatic N) is 2. The van der Waals surface area contributed by atoms with E-state index in [1.54, 1.807) is 31.2 Å². The lowest BCUT2D eigenvalue weighted by Gasteiger charge is -2.15. The highest BCUT2D eigenvalue weighted by Crippen LogP contribution is 2.29. The number of carbonyl (C=O) groups is 2. The van der Waals surface area contributed by atoms with E-state index < -0.39 is 11.8 Å². The number of amides is 2. The molecule has 1 aliphatic rings. The molecule has 0 radical (unpaired) electrons. The Kier molecular flexibility index (Phi) is 5.09. The second-order valence-corrected chi connectivity index (χ2v) is 6.11. The van der Waals surface area contributed by atoms with Gasteiger partial charge in [-0.25, -0.2) is 5.43 Å². The van der Waals surface area contributed by atoms with Crippen LogP contribution in [0.4, 0.5) is 0 Å². The smallest absolute Gasteiger partial charge is 0.253 e. The van der Waals surface area contributed by atoms with E-state index >= 15 is 0 Å². The highest BCUT2D eigenvalue weighted by Gasteiger charge is 2.40. The maximum Gasteiger partial charge on any atom is 0.253 e. The number of hydrogen-bond acceptors (Lipinski definition) is 4. The van der Waals surface area contributed by atoms with Crippen molar-refractivity contribution in [2.24, 2.45) is 11.0 Å². The summed E-state index contributed by atoms with van der Waals surface area (Å²) in [5.41, 5.74) is 5.25. The van der Waals surface area contributed by atoms with Crippen molar-refractivity contribution in [3.63, 3.8) is 0 Å². The van der Waals surface area contributed by atoms with Crippen molar-refractivity contribution in [2.75, 3.05) is 6.54 Å². The first kappa shape index (κ1) is 17.4. The average molecular weight is 346 g/mol. The Balaban J connectivity index is 1.75. The van der Waals surface area contributed by atoms with E-state index in [0.29, 0.717) is 17.8 Å². The molecule has 130 valence electrons. The zero-order valence-electron chi connectivity index (χ0n) is 14.3. The standard InChI is InChI=1S/C20H18N4O2/c1-13(16-9-5-6-14(10-16)11-21)23-24-20(26)18-17(12-22-19(18)25)15-7-3-2-4-8-15/h2-10,17-18H,12H2,1H3,(H,22,25)(H,24,26)/b23-13-. The van der Waals surface area contributed by atoms with Crippen LogP contribution in [0.25, 0.3) is 0 Å². The summed E-state index contributed by atoms with van der Waals surface area (Å²) in [7, 11) is 0. The van der Waals surface area contributed by atoms with Gasteiger partial charge in [-0.05, 0) is 30.2 Å². The summed E-state index contributed by atoms with van der Waals surface area (Å²) in [5, 5.41) is 15.8. The molecule has 6 nitrogen and oxygen atoms in total. The van der Waals surface area contributed by atoms with Crippen LogP contribution in [-0.2, 0) is 9.59 Å². The summed E-state index contributed by atoms with van der Waals surface area (Å²) in [4.78, 5) is 24.7. The Morgan fingerprint density at radius 3 is 2.73 bits per heavy atom. The Morgan fingerprint density at radius 2 is 2.00 bits per heavy atom. The van der Waals surface area contributed by atoms with Gasteiger partial charge < -0.3 is 5.32 Å². The quantitative estimate of drug-likeness (QED) is 0.503. The molecule has 1 aliphatic heterocycles. The van der Waals surface area contributed by atoms with Gasteiger partial charge >= 0.3 is 0 Å². The van der Waals surface area contributed by atoms with Crippen molar-refractivity contribution in [2.45, 2.75) is 12.8 Å². The number of hydrogen-bond donors (Lipinski definition) is 2. The molecule has 0 saturated carbocycles. The number of nitrogens with one attached hydrogen (secondary N) is 2. The highest BCUT2D eigenvalue weighted by atomic mass is 16.2. The Labute approximate surface area is 151 Å². The molecule has 6 heteroatoms. The van der Waals surface area contributed by atoms with E-state index in [4.69, 9.17) is 5.26 Å². The molecule has 1 saturated heterocycles. The third-order valence-electron chi connectivity index (χ3n) is 4.43. The lowest BCUT2D eigenvalue weighted by Crippen LogP contribution is -2.35. The molecule has 2 unspecified atom stereocenters. The van der Waals surface area contributed by atoms with Gasteiger partial charge in [0.2, 0.25) is 5.91 Å². The van der Waals surface area contributed by atoms with Crippen LogP contribution in [0.2, 0.25) is 0 Å². The van der Waals surface area contributed by atoms with E-state index in [0.717, 1.165) is 11.1 Å². The van der Waals surface area contributed by atoms with Crippen LogP contribution in [0.1, 0.15) is 29.5 Å². The molecule has 1 heterocycles. The molecule has 1 fully saturated rings. The monoisotopic (exact) mass is 346 g/mol. The molecule has 0 aliphatic carbocycles. The number of nitriles is 1. The van der Waals surface area contributed by atoms with Gasteiger partial charge in [-0.2, -0.15) is 10.4 Å². The fraction of sp³-hybridized carbons (Fsp3) is 0.200. The molecule has 2 amide bonds. The van der Waals surface area contributed by atoms with Gasteiger partial charge in [0.1, 0.15) is 5.92 Å². The van der Waals surface area contributed by atoms with Crippen LogP contribution >= 0.6 is 0 Å². The molecule has 2 atom stereocenters. The van der Waals surface area contributed by atoms with Gasteiger partial charge in [-0.15, -0.1) is 0 Å². The second-order valence-electron chi connectivity index (χ2n) is 6.11. The molecule has 0 bridgehead atoms. The minimum atomic E-state index is -0.820. The number of benzene rings is 2. The highest BCUT2D eigenvalue weighted by molar-refractivity contribution is 6.04.